The Morgan fingerprint density at radius 2 is 2.27 bits per heavy atom. The zero-order valence-electron chi connectivity index (χ0n) is 7.95. The summed E-state index contributed by atoms with van der Waals surface area (Å²) in [6.07, 6.45) is 0.443. The van der Waals surface area contributed by atoms with Crippen LogP contribution in [0.3, 0.4) is 0 Å². The van der Waals surface area contributed by atoms with Crippen LogP contribution in [-0.4, -0.2) is 22.4 Å². The minimum absolute atomic E-state index is 0.227. The molecular formula is C9H11N3O2S. The van der Waals surface area contributed by atoms with E-state index in [0.29, 0.717) is 18.0 Å². The summed E-state index contributed by atoms with van der Waals surface area (Å²) in [5.41, 5.74) is 5.18. The molecule has 0 aliphatic heterocycles. The third-order valence-corrected chi connectivity index (χ3v) is 1.87. The molecule has 1 heterocycles. The minimum Gasteiger partial charge on any atom is -0.393 e. The van der Waals surface area contributed by atoms with Gasteiger partial charge in [-0.1, -0.05) is 18.3 Å². The zero-order chi connectivity index (χ0) is 11.3. The van der Waals surface area contributed by atoms with Gasteiger partial charge in [-0.15, -0.1) is 0 Å². The van der Waals surface area contributed by atoms with Gasteiger partial charge in [0.25, 0.3) is 5.91 Å². The predicted octanol–water partition coefficient (Wildman–Crippen LogP) is -0.219. The van der Waals surface area contributed by atoms with E-state index in [1.54, 1.807) is 0 Å². The maximum absolute atomic E-state index is 11.4. The van der Waals surface area contributed by atoms with Gasteiger partial charge in [0.05, 0.1) is 4.99 Å². The van der Waals surface area contributed by atoms with Gasteiger partial charge in [-0.05, 0) is 6.07 Å². The van der Waals surface area contributed by atoms with Crippen molar-refractivity contribution in [3.8, 4) is 0 Å². The number of hydrogen-bond acceptors (Lipinski definition) is 3. The van der Waals surface area contributed by atoms with Crippen LogP contribution in [0.25, 0.3) is 0 Å². The first kappa shape index (κ1) is 11.4. The fourth-order valence-corrected chi connectivity index (χ4v) is 1.08. The molecule has 0 atom stereocenters. The molecule has 0 bridgehead atoms. The average molecular weight is 225 g/mol. The molecule has 0 aromatic carbocycles. The lowest BCUT2D eigenvalue weighted by Gasteiger charge is -2.03. The molecule has 1 aromatic heterocycles. The molecule has 15 heavy (non-hydrogen) atoms. The van der Waals surface area contributed by atoms with E-state index < -0.39 is 0 Å². The maximum atomic E-state index is 11.4. The number of aromatic amines is 1. The van der Waals surface area contributed by atoms with E-state index in [4.69, 9.17) is 5.73 Å². The number of aromatic nitrogens is 1. The maximum Gasteiger partial charge on any atom is 0.267 e. The van der Waals surface area contributed by atoms with E-state index in [2.05, 4.69) is 22.5 Å². The Labute approximate surface area is 91.7 Å². The van der Waals surface area contributed by atoms with Gasteiger partial charge in [-0.3, -0.25) is 9.59 Å². The standard InChI is InChI=1S/C9H11N3O2S/c10-7(15)4-5-11-9(14)6-2-1-3-8(13)12-6/h1-3H,4-5H2,(H2,10,15)(H,11,14)(H,12,13). The first-order chi connectivity index (χ1) is 7.09. The summed E-state index contributed by atoms with van der Waals surface area (Å²) in [6, 6.07) is 4.38. The fourth-order valence-electron chi connectivity index (χ4n) is 0.975. The molecule has 1 amide bonds. The topological polar surface area (TPSA) is 88.0 Å². The number of pyridine rings is 1. The van der Waals surface area contributed by atoms with Crippen molar-refractivity contribution in [1.82, 2.24) is 10.3 Å². The highest BCUT2D eigenvalue weighted by molar-refractivity contribution is 7.80. The van der Waals surface area contributed by atoms with Crippen LogP contribution in [0.1, 0.15) is 16.9 Å². The molecule has 4 N–H and O–H groups in total. The fraction of sp³-hybridized carbons (Fsp3) is 0.222. The number of rotatable bonds is 4. The van der Waals surface area contributed by atoms with Crippen molar-refractivity contribution in [2.24, 2.45) is 5.73 Å². The summed E-state index contributed by atoms with van der Waals surface area (Å²) in [6.45, 7) is 0.366. The van der Waals surface area contributed by atoms with Gasteiger partial charge in [0.1, 0.15) is 5.69 Å². The van der Waals surface area contributed by atoms with Gasteiger partial charge >= 0.3 is 0 Å². The highest BCUT2D eigenvalue weighted by atomic mass is 32.1. The van der Waals surface area contributed by atoms with Crippen LogP contribution < -0.4 is 16.6 Å². The Hall–Kier alpha value is -1.69. The number of nitrogens with two attached hydrogens (primary N) is 1. The van der Waals surface area contributed by atoms with Crippen LogP contribution in [0.2, 0.25) is 0 Å². The lowest BCUT2D eigenvalue weighted by atomic mass is 10.3. The first-order valence-electron chi connectivity index (χ1n) is 4.35. The lowest BCUT2D eigenvalue weighted by Crippen LogP contribution is -2.29. The van der Waals surface area contributed by atoms with E-state index >= 15 is 0 Å². The molecule has 5 nitrogen and oxygen atoms in total. The summed E-state index contributed by atoms with van der Waals surface area (Å²) < 4.78 is 0. The monoisotopic (exact) mass is 225 g/mol. The van der Waals surface area contributed by atoms with Crippen LogP contribution in [0.4, 0.5) is 0 Å². The second kappa shape index (κ2) is 5.26. The molecule has 0 spiro atoms. The normalized spacial score (nSPS) is 9.60. The highest BCUT2D eigenvalue weighted by Gasteiger charge is 2.04. The van der Waals surface area contributed by atoms with E-state index in [-0.39, 0.29) is 17.2 Å². The van der Waals surface area contributed by atoms with E-state index in [9.17, 15) is 9.59 Å². The number of H-pyrrole nitrogens is 1. The number of amides is 1. The lowest BCUT2D eigenvalue weighted by molar-refractivity contribution is 0.0949. The molecule has 0 fully saturated rings. The highest BCUT2D eigenvalue weighted by Crippen LogP contribution is 1.89. The predicted molar refractivity (Wildman–Crippen MR) is 60.8 cm³/mol. The van der Waals surface area contributed by atoms with Gasteiger partial charge in [0, 0.05) is 19.0 Å². The molecule has 80 valence electrons. The zero-order valence-corrected chi connectivity index (χ0v) is 8.76. The number of carbonyl (C=O) groups is 1. The van der Waals surface area contributed by atoms with Crippen molar-refractivity contribution in [3.63, 3.8) is 0 Å². The number of carbonyl (C=O) groups excluding carboxylic acids is 1. The van der Waals surface area contributed by atoms with Crippen LogP contribution in [0.15, 0.2) is 23.0 Å². The summed E-state index contributed by atoms with van der Waals surface area (Å²) in [7, 11) is 0. The average Bonchev–Trinajstić information content (AvgIpc) is 2.17. The van der Waals surface area contributed by atoms with Crippen molar-refractivity contribution in [2.45, 2.75) is 6.42 Å². The Morgan fingerprint density at radius 1 is 1.53 bits per heavy atom. The Morgan fingerprint density at radius 3 is 2.87 bits per heavy atom. The van der Waals surface area contributed by atoms with Crippen LogP contribution in [0.5, 0.6) is 0 Å². The smallest absolute Gasteiger partial charge is 0.267 e. The second-order valence-corrected chi connectivity index (χ2v) is 3.43. The minimum atomic E-state index is -0.344. The van der Waals surface area contributed by atoms with Gasteiger partial charge in [-0.25, -0.2) is 0 Å². The van der Waals surface area contributed by atoms with Gasteiger partial charge < -0.3 is 16.0 Å². The van der Waals surface area contributed by atoms with Crippen LogP contribution in [0, 0.1) is 0 Å². The molecular weight excluding hydrogens is 214 g/mol. The van der Waals surface area contributed by atoms with Crippen molar-refractivity contribution in [2.75, 3.05) is 6.54 Å². The SMILES string of the molecule is NC(=S)CCNC(=O)c1cccc(=O)[nH]1. The molecule has 0 saturated heterocycles. The Bertz CT molecular complexity index is 427. The van der Waals surface area contributed by atoms with Crippen LogP contribution in [-0.2, 0) is 0 Å². The molecule has 1 rings (SSSR count). The Balaban J connectivity index is 2.54. The molecule has 0 aliphatic carbocycles. The molecule has 0 aliphatic rings. The molecule has 0 radical (unpaired) electrons. The largest absolute Gasteiger partial charge is 0.393 e. The molecule has 6 heteroatoms. The number of hydrogen-bond donors (Lipinski definition) is 3. The summed E-state index contributed by atoms with van der Waals surface area (Å²) in [4.78, 5) is 25.1. The van der Waals surface area contributed by atoms with Gasteiger partial charge in [0.2, 0.25) is 5.56 Å². The van der Waals surface area contributed by atoms with E-state index in [1.165, 1.54) is 18.2 Å². The van der Waals surface area contributed by atoms with Crippen molar-refractivity contribution >= 4 is 23.1 Å². The van der Waals surface area contributed by atoms with Crippen molar-refractivity contribution in [3.05, 3.63) is 34.2 Å². The summed E-state index contributed by atoms with van der Waals surface area (Å²) in [5.74, 6) is -0.344. The third-order valence-electron chi connectivity index (χ3n) is 1.67. The van der Waals surface area contributed by atoms with Crippen LogP contribution >= 0.6 is 12.2 Å². The summed E-state index contributed by atoms with van der Waals surface area (Å²) in [5, 5.41) is 2.58. The molecule has 0 saturated carbocycles. The number of thiocarbonyl (C=S) groups is 1. The third kappa shape index (κ3) is 3.90. The van der Waals surface area contributed by atoms with E-state index in [1.807, 2.05) is 0 Å². The molecule has 1 aromatic rings. The van der Waals surface area contributed by atoms with Crippen molar-refractivity contribution < 1.29 is 4.79 Å². The van der Waals surface area contributed by atoms with Gasteiger partial charge in [0.15, 0.2) is 0 Å². The second-order valence-electron chi connectivity index (χ2n) is 2.90. The Kier molecular flexibility index (Phi) is 3.99. The van der Waals surface area contributed by atoms with Gasteiger partial charge in [-0.2, -0.15) is 0 Å². The first-order valence-corrected chi connectivity index (χ1v) is 4.76. The molecule has 0 unspecified atom stereocenters. The quantitative estimate of drug-likeness (QED) is 0.618. The van der Waals surface area contributed by atoms with Crippen molar-refractivity contribution in [1.29, 1.82) is 0 Å². The summed E-state index contributed by atoms with van der Waals surface area (Å²) >= 11 is 4.65. The van der Waals surface area contributed by atoms with E-state index in [0.717, 1.165) is 0 Å². The number of nitrogens with one attached hydrogen (secondary N) is 2.